The molecule has 0 spiro atoms. The van der Waals surface area contributed by atoms with Gasteiger partial charge in [0.2, 0.25) is 0 Å². The van der Waals surface area contributed by atoms with Gasteiger partial charge in [-0.25, -0.2) is 0 Å². The monoisotopic (exact) mass is 274 g/mol. The fourth-order valence-corrected chi connectivity index (χ4v) is 2.46. The number of para-hydroxylation sites is 1. The summed E-state index contributed by atoms with van der Waals surface area (Å²) in [6.45, 7) is 0.860. The SMILES string of the molecule is COCC(O)(CCCN)Cc1ccc2ccccc2n1. The molecule has 0 bridgehead atoms. The second-order valence-corrected chi connectivity index (χ2v) is 5.22. The van der Waals surface area contributed by atoms with E-state index in [1.807, 2.05) is 36.4 Å². The van der Waals surface area contributed by atoms with Gasteiger partial charge in [0.05, 0.1) is 17.7 Å². The van der Waals surface area contributed by atoms with E-state index < -0.39 is 5.60 Å². The van der Waals surface area contributed by atoms with E-state index >= 15 is 0 Å². The van der Waals surface area contributed by atoms with Crippen LogP contribution in [0.4, 0.5) is 0 Å². The minimum Gasteiger partial charge on any atom is -0.387 e. The number of nitrogens with zero attached hydrogens (tertiary/aromatic N) is 1. The number of pyridine rings is 1. The normalized spacial score (nSPS) is 14.3. The van der Waals surface area contributed by atoms with Crippen LogP contribution in [0.15, 0.2) is 36.4 Å². The van der Waals surface area contributed by atoms with Crippen LogP contribution < -0.4 is 5.73 Å². The van der Waals surface area contributed by atoms with Crippen LogP contribution in [0.25, 0.3) is 10.9 Å². The Hall–Kier alpha value is -1.49. The van der Waals surface area contributed by atoms with Gasteiger partial charge in [0, 0.05) is 24.6 Å². The maximum Gasteiger partial charge on any atom is 0.0935 e. The molecule has 0 aliphatic heterocycles. The third kappa shape index (κ3) is 3.76. The topological polar surface area (TPSA) is 68.4 Å². The van der Waals surface area contributed by atoms with Crippen LogP contribution in [0, 0.1) is 0 Å². The lowest BCUT2D eigenvalue weighted by molar-refractivity contribution is -0.0381. The Balaban J connectivity index is 2.19. The van der Waals surface area contributed by atoms with Gasteiger partial charge in [0.25, 0.3) is 0 Å². The molecule has 1 atom stereocenters. The van der Waals surface area contributed by atoms with Crippen molar-refractivity contribution in [1.82, 2.24) is 4.98 Å². The summed E-state index contributed by atoms with van der Waals surface area (Å²) >= 11 is 0. The van der Waals surface area contributed by atoms with Gasteiger partial charge in [0.1, 0.15) is 0 Å². The largest absolute Gasteiger partial charge is 0.387 e. The van der Waals surface area contributed by atoms with Gasteiger partial charge in [0.15, 0.2) is 0 Å². The predicted molar refractivity (Wildman–Crippen MR) is 80.6 cm³/mol. The molecule has 4 nitrogen and oxygen atoms in total. The number of hydrogen-bond acceptors (Lipinski definition) is 4. The minimum atomic E-state index is -0.899. The number of aromatic nitrogens is 1. The van der Waals surface area contributed by atoms with Crippen LogP contribution in [0.3, 0.4) is 0 Å². The molecule has 0 aliphatic rings. The first-order chi connectivity index (χ1) is 9.67. The molecular weight excluding hydrogens is 252 g/mol. The maximum absolute atomic E-state index is 10.6. The van der Waals surface area contributed by atoms with E-state index in [0.29, 0.717) is 26.0 Å². The van der Waals surface area contributed by atoms with Crippen molar-refractivity contribution in [3.63, 3.8) is 0 Å². The standard InChI is InChI=1S/C16H22N2O2/c1-20-12-16(19,9-4-10-17)11-14-8-7-13-5-2-3-6-15(13)18-14/h2-3,5-8,19H,4,9-12,17H2,1H3. The molecule has 1 heterocycles. The van der Waals surface area contributed by atoms with Crippen molar-refractivity contribution in [2.75, 3.05) is 20.3 Å². The number of methoxy groups -OCH3 is 1. The second-order valence-electron chi connectivity index (χ2n) is 5.22. The first-order valence-electron chi connectivity index (χ1n) is 6.93. The third-order valence-corrected chi connectivity index (χ3v) is 3.43. The molecule has 1 aromatic heterocycles. The molecule has 4 heteroatoms. The number of hydrogen-bond donors (Lipinski definition) is 2. The molecule has 0 fully saturated rings. The van der Waals surface area contributed by atoms with E-state index in [0.717, 1.165) is 23.0 Å². The second kappa shape index (κ2) is 6.79. The van der Waals surface area contributed by atoms with Crippen molar-refractivity contribution in [3.8, 4) is 0 Å². The average Bonchev–Trinajstić information content (AvgIpc) is 2.45. The van der Waals surface area contributed by atoms with Gasteiger partial charge in [-0.2, -0.15) is 0 Å². The summed E-state index contributed by atoms with van der Waals surface area (Å²) in [5.74, 6) is 0. The van der Waals surface area contributed by atoms with Gasteiger partial charge in [-0.1, -0.05) is 24.3 Å². The lowest BCUT2D eigenvalue weighted by Crippen LogP contribution is -2.37. The van der Waals surface area contributed by atoms with Gasteiger partial charge < -0.3 is 15.6 Å². The molecule has 0 saturated heterocycles. The van der Waals surface area contributed by atoms with Crippen LogP contribution in [-0.4, -0.2) is 36.0 Å². The van der Waals surface area contributed by atoms with Crippen molar-refractivity contribution >= 4 is 10.9 Å². The number of aliphatic hydroxyl groups is 1. The first-order valence-corrected chi connectivity index (χ1v) is 6.93. The molecule has 0 amide bonds. The Kier molecular flexibility index (Phi) is 5.06. The van der Waals surface area contributed by atoms with Crippen molar-refractivity contribution in [3.05, 3.63) is 42.1 Å². The minimum absolute atomic E-state index is 0.293. The summed E-state index contributed by atoms with van der Waals surface area (Å²) < 4.78 is 5.15. The molecule has 20 heavy (non-hydrogen) atoms. The van der Waals surface area contributed by atoms with Crippen molar-refractivity contribution in [2.45, 2.75) is 24.9 Å². The van der Waals surface area contributed by atoms with Gasteiger partial charge >= 0.3 is 0 Å². The highest BCUT2D eigenvalue weighted by atomic mass is 16.5. The fraction of sp³-hybridized carbons (Fsp3) is 0.438. The quantitative estimate of drug-likeness (QED) is 0.809. The van der Waals surface area contributed by atoms with Gasteiger partial charge in [-0.05, 0) is 31.5 Å². The number of fused-ring (bicyclic) bond motifs is 1. The van der Waals surface area contributed by atoms with Crippen LogP contribution in [0.5, 0.6) is 0 Å². The molecule has 108 valence electrons. The van der Waals surface area contributed by atoms with Crippen molar-refractivity contribution in [1.29, 1.82) is 0 Å². The van der Waals surface area contributed by atoms with Crippen LogP contribution in [0.2, 0.25) is 0 Å². The maximum atomic E-state index is 10.6. The zero-order valence-corrected chi connectivity index (χ0v) is 11.9. The third-order valence-electron chi connectivity index (χ3n) is 3.43. The van der Waals surface area contributed by atoms with Crippen LogP contribution in [0.1, 0.15) is 18.5 Å². The number of benzene rings is 1. The van der Waals surface area contributed by atoms with E-state index in [9.17, 15) is 5.11 Å². The van der Waals surface area contributed by atoms with E-state index in [1.54, 1.807) is 7.11 Å². The van der Waals surface area contributed by atoms with E-state index in [-0.39, 0.29) is 0 Å². The molecule has 2 rings (SSSR count). The molecule has 1 aromatic carbocycles. The summed E-state index contributed by atoms with van der Waals surface area (Å²) in [6, 6.07) is 12.0. The Morgan fingerprint density at radius 2 is 2.05 bits per heavy atom. The van der Waals surface area contributed by atoms with Crippen molar-refractivity contribution < 1.29 is 9.84 Å². The highest BCUT2D eigenvalue weighted by Gasteiger charge is 2.27. The number of rotatable bonds is 7. The first kappa shape index (κ1) is 14.9. The Labute approximate surface area is 119 Å². The zero-order chi connectivity index (χ0) is 14.4. The van der Waals surface area contributed by atoms with E-state index in [1.165, 1.54) is 0 Å². The molecule has 2 aromatic rings. The molecule has 3 N–H and O–H groups in total. The smallest absolute Gasteiger partial charge is 0.0935 e. The summed E-state index contributed by atoms with van der Waals surface area (Å²) in [6.07, 6.45) is 1.87. The molecule has 0 aliphatic carbocycles. The molecule has 1 unspecified atom stereocenters. The molecular formula is C16H22N2O2. The van der Waals surface area contributed by atoms with E-state index in [4.69, 9.17) is 10.5 Å². The summed E-state index contributed by atoms with van der Waals surface area (Å²) in [5, 5.41) is 11.8. The Bertz CT molecular complexity index is 559. The van der Waals surface area contributed by atoms with Crippen molar-refractivity contribution in [2.24, 2.45) is 5.73 Å². The fourth-order valence-electron chi connectivity index (χ4n) is 2.46. The van der Waals surface area contributed by atoms with Gasteiger partial charge in [-0.3, -0.25) is 4.98 Å². The van der Waals surface area contributed by atoms with Crippen LogP contribution >= 0.6 is 0 Å². The predicted octanol–water partition coefficient (Wildman–Crippen LogP) is 1.89. The number of nitrogens with two attached hydrogens (primary N) is 1. The van der Waals surface area contributed by atoms with Gasteiger partial charge in [-0.15, -0.1) is 0 Å². The molecule has 0 radical (unpaired) electrons. The Morgan fingerprint density at radius 1 is 1.25 bits per heavy atom. The lowest BCUT2D eigenvalue weighted by atomic mass is 9.92. The average molecular weight is 274 g/mol. The summed E-state index contributed by atoms with van der Waals surface area (Å²) in [4.78, 5) is 4.60. The molecule has 0 saturated carbocycles. The summed E-state index contributed by atoms with van der Waals surface area (Å²) in [5.41, 5.74) is 6.46. The lowest BCUT2D eigenvalue weighted by Gasteiger charge is -2.27. The van der Waals surface area contributed by atoms with E-state index in [2.05, 4.69) is 4.98 Å². The number of ether oxygens (including phenoxy) is 1. The summed E-state index contributed by atoms with van der Waals surface area (Å²) in [7, 11) is 1.60. The highest BCUT2D eigenvalue weighted by molar-refractivity contribution is 5.78. The highest BCUT2D eigenvalue weighted by Crippen LogP contribution is 2.20. The Morgan fingerprint density at radius 3 is 2.80 bits per heavy atom. The zero-order valence-electron chi connectivity index (χ0n) is 11.9. The van der Waals surface area contributed by atoms with Crippen LogP contribution in [-0.2, 0) is 11.2 Å².